The van der Waals surface area contributed by atoms with E-state index in [-0.39, 0.29) is 17.2 Å². The van der Waals surface area contributed by atoms with Gasteiger partial charge in [0.1, 0.15) is 6.61 Å². The van der Waals surface area contributed by atoms with Gasteiger partial charge in [0.05, 0.1) is 16.3 Å². The van der Waals surface area contributed by atoms with E-state index in [1.807, 2.05) is 6.92 Å². The van der Waals surface area contributed by atoms with Gasteiger partial charge in [0.25, 0.3) is 10.1 Å². The van der Waals surface area contributed by atoms with Crippen LogP contribution in [0.25, 0.3) is 0 Å². The number of hydrogen-bond donors (Lipinski definition) is 1. The number of pyridine rings is 1. The number of aryl methyl sites for hydroxylation is 1. The lowest BCUT2D eigenvalue weighted by atomic mass is 10.2. The van der Waals surface area contributed by atoms with Crippen LogP contribution in [0.4, 0.5) is 0 Å². The van der Waals surface area contributed by atoms with Crippen LogP contribution in [-0.2, 0) is 14.3 Å². The zero-order valence-corrected chi connectivity index (χ0v) is 11.7. The smallest absolute Gasteiger partial charge is 0.297 e. The van der Waals surface area contributed by atoms with Gasteiger partial charge in [-0.15, -0.1) is 0 Å². The molecule has 0 aliphatic heterocycles. The molecule has 1 N–H and O–H groups in total. The Balaban J connectivity index is 2.06. The molecule has 0 fully saturated rings. The van der Waals surface area contributed by atoms with Crippen LogP contribution in [-0.4, -0.2) is 25.7 Å². The Morgan fingerprint density at radius 1 is 1.20 bits per heavy atom. The van der Waals surface area contributed by atoms with E-state index in [0.717, 1.165) is 5.56 Å². The predicted molar refractivity (Wildman–Crippen MR) is 75.4 cm³/mol. The first-order chi connectivity index (χ1) is 9.49. The van der Waals surface area contributed by atoms with E-state index >= 15 is 0 Å². The van der Waals surface area contributed by atoms with Crippen molar-refractivity contribution >= 4 is 15.8 Å². The molecular formula is C14H14N2O3S. The van der Waals surface area contributed by atoms with Gasteiger partial charge < -0.3 is 5.41 Å². The van der Waals surface area contributed by atoms with Crippen molar-refractivity contribution in [2.24, 2.45) is 0 Å². The maximum Gasteiger partial charge on any atom is 0.297 e. The van der Waals surface area contributed by atoms with Crippen LogP contribution in [0.15, 0.2) is 53.6 Å². The van der Waals surface area contributed by atoms with Gasteiger partial charge in [-0.2, -0.15) is 8.42 Å². The Morgan fingerprint density at radius 3 is 2.50 bits per heavy atom. The molecule has 0 aliphatic carbocycles. The van der Waals surface area contributed by atoms with Crippen molar-refractivity contribution in [1.82, 2.24) is 4.98 Å². The summed E-state index contributed by atoms with van der Waals surface area (Å²) in [6, 6.07) is 11.4. The molecule has 5 nitrogen and oxygen atoms in total. The van der Waals surface area contributed by atoms with Crippen molar-refractivity contribution in [1.29, 1.82) is 5.41 Å². The van der Waals surface area contributed by atoms with Gasteiger partial charge in [-0.05, 0) is 31.2 Å². The molecule has 0 atom stereocenters. The second kappa shape index (κ2) is 5.94. The maximum atomic E-state index is 11.9. The minimum atomic E-state index is -3.85. The van der Waals surface area contributed by atoms with E-state index in [0.29, 0.717) is 5.69 Å². The van der Waals surface area contributed by atoms with Gasteiger partial charge in [0, 0.05) is 6.20 Å². The number of nitrogens with one attached hydrogen (secondary N) is 1. The predicted octanol–water partition coefficient (Wildman–Crippen LogP) is 2.16. The third-order valence-electron chi connectivity index (χ3n) is 2.64. The average Bonchev–Trinajstić information content (AvgIpc) is 2.46. The van der Waals surface area contributed by atoms with Crippen LogP contribution in [0.2, 0.25) is 0 Å². The lowest BCUT2D eigenvalue weighted by Gasteiger charge is -2.06. The van der Waals surface area contributed by atoms with Crippen LogP contribution < -0.4 is 0 Å². The molecule has 0 bridgehead atoms. The Hall–Kier alpha value is -2.05. The molecule has 1 heterocycles. The third-order valence-corrected chi connectivity index (χ3v) is 3.92. The van der Waals surface area contributed by atoms with E-state index in [9.17, 15) is 8.42 Å². The number of aromatic nitrogens is 1. The van der Waals surface area contributed by atoms with Gasteiger partial charge in [-0.3, -0.25) is 9.17 Å². The molecule has 104 valence electrons. The Morgan fingerprint density at radius 2 is 1.90 bits per heavy atom. The van der Waals surface area contributed by atoms with Crippen LogP contribution >= 0.6 is 0 Å². The molecule has 1 aromatic carbocycles. The van der Waals surface area contributed by atoms with Crippen molar-refractivity contribution in [3.63, 3.8) is 0 Å². The summed E-state index contributed by atoms with van der Waals surface area (Å²) in [6.07, 6.45) is 1.54. The highest BCUT2D eigenvalue weighted by Crippen LogP contribution is 2.13. The number of hydrogen-bond acceptors (Lipinski definition) is 5. The molecule has 0 aliphatic rings. The molecule has 0 unspecified atom stereocenters. The third kappa shape index (κ3) is 3.49. The molecule has 0 radical (unpaired) electrons. The topological polar surface area (TPSA) is 80.1 Å². The fourth-order valence-electron chi connectivity index (χ4n) is 1.52. The summed E-state index contributed by atoms with van der Waals surface area (Å²) in [7, 11) is -3.85. The molecule has 2 aromatic rings. The van der Waals surface area contributed by atoms with Crippen molar-refractivity contribution in [2.75, 3.05) is 6.61 Å². The van der Waals surface area contributed by atoms with E-state index in [1.54, 1.807) is 36.5 Å². The summed E-state index contributed by atoms with van der Waals surface area (Å²) in [5, 5.41) is 7.75. The second-order valence-corrected chi connectivity index (χ2v) is 5.84. The lowest BCUT2D eigenvalue weighted by Crippen LogP contribution is -2.15. The lowest BCUT2D eigenvalue weighted by molar-refractivity contribution is 0.367. The highest BCUT2D eigenvalue weighted by molar-refractivity contribution is 7.86. The van der Waals surface area contributed by atoms with Gasteiger partial charge in [0.15, 0.2) is 0 Å². The van der Waals surface area contributed by atoms with Gasteiger partial charge in [0.2, 0.25) is 0 Å². The first-order valence-electron chi connectivity index (χ1n) is 5.94. The van der Waals surface area contributed by atoms with Crippen molar-refractivity contribution in [3.05, 3.63) is 59.9 Å². The van der Waals surface area contributed by atoms with Crippen molar-refractivity contribution in [3.8, 4) is 0 Å². The molecule has 0 saturated carbocycles. The number of nitrogens with zero attached hydrogens (tertiary/aromatic N) is 1. The minimum Gasteiger partial charge on any atom is -0.301 e. The molecular weight excluding hydrogens is 276 g/mol. The summed E-state index contributed by atoms with van der Waals surface area (Å²) in [5.41, 5.74) is 1.37. The molecule has 20 heavy (non-hydrogen) atoms. The molecule has 0 spiro atoms. The van der Waals surface area contributed by atoms with Crippen LogP contribution in [0, 0.1) is 12.3 Å². The van der Waals surface area contributed by atoms with Crippen LogP contribution in [0.5, 0.6) is 0 Å². The fourth-order valence-corrected chi connectivity index (χ4v) is 2.40. The Kier molecular flexibility index (Phi) is 4.26. The standard InChI is InChI=1S/C14H14N2O3S/c1-11-5-7-12(8-6-11)20(17,18)19-10-13(15)14-4-2-3-9-16-14/h2-9,15H,10H2,1H3. The summed E-state index contributed by atoms with van der Waals surface area (Å²) in [4.78, 5) is 4.04. The van der Waals surface area contributed by atoms with Crippen LogP contribution in [0.3, 0.4) is 0 Å². The largest absolute Gasteiger partial charge is 0.301 e. The second-order valence-electron chi connectivity index (χ2n) is 4.22. The van der Waals surface area contributed by atoms with Gasteiger partial charge >= 0.3 is 0 Å². The van der Waals surface area contributed by atoms with E-state index in [2.05, 4.69) is 4.98 Å². The van der Waals surface area contributed by atoms with Gasteiger partial charge in [-0.1, -0.05) is 23.8 Å². The Labute approximate surface area is 117 Å². The fraction of sp³-hybridized carbons (Fsp3) is 0.143. The quantitative estimate of drug-likeness (QED) is 0.676. The first kappa shape index (κ1) is 14.4. The van der Waals surface area contributed by atoms with Crippen molar-refractivity contribution in [2.45, 2.75) is 11.8 Å². The zero-order chi connectivity index (χ0) is 14.6. The summed E-state index contributed by atoms with van der Waals surface area (Å²) < 4.78 is 28.8. The van der Waals surface area contributed by atoms with Crippen LogP contribution in [0.1, 0.15) is 11.3 Å². The molecule has 0 saturated heterocycles. The molecule has 2 rings (SSSR count). The van der Waals surface area contributed by atoms with E-state index < -0.39 is 10.1 Å². The summed E-state index contributed by atoms with van der Waals surface area (Å²) in [5.74, 6) is 0. The van der Waals surface area contributed by atoms with Gasteiger partial charge in [-0.25, -0.2) is 0 Å². The normalized spacial score (nSPS) is 11.2. The molecule has 1 aromatic heterocycles. The summed E-state index contributed by atoms with van der Waals surface area (Å²) in [6.45, 7) is 1.53. The van der Waals surface area contributed by atoms with E-state index in [1.165, 1.54) is 12.1 Å². The number of benzene rings is 1. The number of rotatable bonds is 5. The van der Waals surface area contributed by atoms with Crippen molar-refractivity contribution < 1.29 is 12.6 Å². The Bertz CT molecular complexity index is 695. The molecule has 6 heteroatoms. The highest BCUT2D eigenvalue weighted by Gasteiger charge is 2.16. The monoisotopic (exact) mass is 290 g/mol. The SMILES string of the molecule is Cc1ccc(S(=O)(=O)OCC(=N)c2ccccn2)cc1. The molecule has 0 amide bonds. The highest BCUT2D eigenvalue weighted by atomic mass is 32.2. The zero-order valence-electron chi connectivity index (χ0n) is 10.9. The summed E-state index contributed by atoms with van der Waals surface area (Å²) >= 11 is 0. The minimum absolute atomic E-state index is 0.0151. The first-order valence-corrected chi connectivity index (χ1v) is 7.35. The average molecular weight is 290 g/mol. The van der Waals surface area contributed by atoms with E-state index in [4.69, 9.17) is 9.59 Å². The maximum absolute atomic E-state index is 11.9.